The van der Waals surface area contributed by atoms with Crippen LogP contribution >= 0.6 is 0 Å². The average molecular weight is 1660 g/mol. The molecule has 2 aromatic heterocycles. The summed E-state index contributed by atoms with van der Waals surface area (Å²) in [5.41, 5.74) is 48.7. The van der Waals surface area contributed by atoms with E-state index in [0.717, 1.165) is 0 Å². The number of aromatic amines is 1. The number of benzene rings is 21. The second-order valence-corrected chi connectivity index (χ2v) is 36.6. The fourth-order valence-electron chi connectivity index (χ4n) is 24.1. The lowest BCUT2D eigenvalue weighted by Gasteiger charge is -2.22. The lowest BCUT2D eigenvalue weighted by atomic mass is 9.81. The maximum Gasteiger partial charge on any atom is 0.0626 e. The topological polar surface area (TPSA) is 20.7 Å². The number of H-pyrrole nitrogens is 1. The molecule has 0 bridgehead atoms. The van der Waals surface area contributed by atoms with Crippen molar-refractivity contribution < 1.29 is 0 Å². The van der Waals surface area contributed by atoms with Crippen molar-refractivity contribution >= 4 is 175 Å². The highest BCUT2D eigenvalue weighted by Crippen LogP contribution is 2.66. The fourth-order valence-corrected chi connectivity index (χ4v) is 24.1. The molecule has 0 aliphatic heterocycles. The normalized spacial score (nSPS) is 14.4. The van der Waals surface area contributed by atoms with Crippen LogP contribution < -0.4 is 0 Å². The minimum Gasteiger partial charge on any atom is -0.355 e. The maximum atomic E-state index is 3.63. The van der Waals surface area contributed by atoms with Gasteiger partial charge in [-0.25, -0.2) is 0 Å². The third kappa shape index (κ3) is 10.5. The zero-order valence-electron chi connectivity index (χ0n) is 72.1. The molecule has 1 N–H and O–H groups in total. The number of para-hydroxylation sites is 3. The Hall–Kier alpha value is -16.8. The van der Waals surface area contributed by atoms with Crippen molar-refractivity contribution in [2.24, 2.45) is 0 Å². The number of aromatic nitrogens is 2. The van der Waals surface area contributed by atoms with Crippen LogP contribution in [0.1, 0.15) is 120 Å². The van der Waals surface area contributed by atoms with Gasteiger partial charge in [0.25, 0.3) is 0 Å². The summed E-state index contributed by atoms with van der Waals surface area (Å²) in [6, 6.07) is 164. The van der Waals surface area contributed by atoms with Crippen LogP contribution in [0.5, 0.6) is 0 Å². The van der Waals surface area contributed by atoms with Crippen LogP contribution in [0.2, 0.25) is 0 Å². The summed E-state index contributed by atoms with van der Waals surface area (Å²) >= 11 is 0. The first kappa shape index (κ1) is 73.4. The van der Waals surface area contributed by atoms with Crippen LogP contribution in [-0.4, -0.2) is 9.55 Å². The molecule has 0 fully saturated rings. The van der Waals surface area contributed by atoms with Gasteiger partial charge in [-0.05, 0) is 251 Å². The standard InChI is InChI=1S/C45H30.2C42H25N/c1-45(2)37-19-11-10-18-33(37)34-23-22-30(26-38(34)45)40-36-25-21-28-13-7-9-17-32(28)42(36)43-39(29-14-4-3-5-15-29)35-24-20-27-12-6-8-16-31(27)41(35)44(40)43;1-2-14-28(15-3-1)37-33-24-22-26-12-4-6-16-29(26)38(33)41-40(37)39-30-17-7-5-13-27(30)23-25-34(39)42(41)43-35-20-10-8-18-31(35)32-19-9-11-21-36(32)43;1-2-12-27(13-3-1)37-32-21-18-25-10-4-6-14-29(25)39(32)42-38(33-22-19-26-11-5-7-15-30(26)40(33)41(37)42)28-20-23-36-34(24-28)31-16-8-9-17-35(31)43-36/h3-26H,1-2H3;1-25H;1-24,43H. The zero-order valence-corrected chi connectivity index (χ0v) is 72.1. The van der Waals surface area contributed by atoms with Gasteiger partial charge >= 0.3 is 0 Å². The number of hydrogen-bond donors (Lipinski definition) is 1. The number of hydrogen-bond acceptors (Lipinski definition) is 0. The highest BCUT2D eigenvalue weighted by molar-refractivity contribution is 6.43. The molecule has 0 saturated heterocycles. The van der Waals surface area contributed by atoms with E-state index in [1.165, 1.54) is 292 Å². The lowest BCUT2D eigenvalue weighted by molar-refractivity contribution is 0.660. The van der Waals surface area contributed by atoms with Crippen LogP contribution in [0.15, 0.2) is 443 Å². The van der Waals surface area contributed by atoms with Gasteiger partial charge in [0.05, 0.1) is 16.7 Å². The summed E-state index contributed by atoms with van der Waals surface area (Å²) in [5, 5.41) is 20.6. The van der Waals surface area contributed by atoms with Crippen LogP contribution in [0, 0.1) is 0 Å². The van der Waals surface area contributed by atoms with Crippen LogP contribution in [-0.2, 0) is 5.41 Å². The largest absolute Gasteiger partial charge is 0.355 e. The molecule has 0 radical (unpaired) electrons. The van der Waals surface area contributed by atoms with E-state index < -0.39 is 0 Å². The van der Waals surface area contributed by atoms with Crippen molar-refractivity contribution in [3.8, 4) is 11.1 Å². The molecule has 0 saturated carbocycles. The third-order valence-electron chi connectivity index (χ3n) is 29.6. The molecule has 23 aromatic rings. The van der Waals surface area contributed by atoms with E-state index in [9.17, 15) is 0 Å². The Morgan fingerprint density at radius 1 is 0.176 bits per heavy atom. The van der Waals surface area contributed by atoms with Gasteiger partial charge in [-0.15, -0.1) is 0 Å². The zero-order chi connectivity index (χ0) is 86.0. The Morgan fingerprint density at radius 2 is 0.458 bits per heavy atom. The van der Waals surface area contributed by atoms with Gasteiger partial charge in [0.15, 0.2) is 0 Å². The molecule has 21 aromatic carbocycles. The molecule has 0 atom stereocenters. The van der Waals surface area contributed by atoms with Gasteiger partial charge in [-0.3, -0.25) is 0 Å². The van der Waals surface area contributed by atoms with Crippen LogP contribution in [0.25, 0.3) is 186 Å². The lowest BCUT2D eigenvalue weighted by Crippen LogP contribution is -2.15. The first-order valence-electron chi connectivity index (χ1n) is 45.9. The molecule has 30 rings (SSSR count). The monoisotopic (exact) mass is 1660 g/mol. The fraction of sp³-hybridized carbons (Fsp3) is 0.0233. The molecule has 131 heavy (non-hydrogen) atoms. The Morgan fingerprint density at radius 3 is 0.878 bits per heavy atom. The van der Waals surface area contributed by atoms with E-state index in [1.54, 1.807) is 0 Å². The van der Waals surface area contributed by atoms with Crippen LogP contribution in [0.3, 0.4) is 0 Å². The number of nitrogens with one attached hydrogen (secondary N) is 1. The van der Waals surface area contributed by atoms with Crippen molar-refractivity contribution in [2.75, 3.05) is 0 Å². The quantitative estimate of drug-likeness (QED) is 0.171. The van der Waals surface area contributed by atoms with E-state index in [4.69, 9.17) is 0 Å². The average Bonchev–Trinajstić information content (AvgIpc) is 1.52. The maximum absolute atomic E-state index is 3.63. The Balaban J connectivity index is 0.0000000986. The van der Waals surface area contributed by atoms with Gasteiger partial charge < -0.3 is 9.55 Å². The van der Waals surface area contributed by atoms with E-state index >= 15 is 0 Å². The van der Waals surface area contributed by atoms with Crippen molar-refractivity contribution in [3.63, 3.8) is 0 Å². The van der Waals surface area contributed by atoms with Crippen molar-refractivity contribution in [1.82, 2.24) is 9.55 Å². The molecule has 0 unspecified atom stereocenters. The SMILES string of the molecule is CC1(C)c2ccccc2-c2ccc(C3=C4C(=C(c5ccccc5)c5ccc6ccccc6c54)c4c3ccc3ccccc43)cc21.c1ccc(C2=C3C(=C(c4ccc5[nH]c6ccccc6c5c4)c4ccc5ccccc5c43)c3c2ccc2ccccc32)cc1.c1ccc(C2=C3C(=C(n4c5ccccc5c5ccccc54)c4ccc5ccccc5c43)c3c2ccc2ccccc32)cc1. The highest BCUT2D eigenvalue weighted by Gasteiger charge is 2.45. The molecule has 606 valence electrons. The summed E-state index contributed by atoms with van der Waals surface area (Å²) in [6.07, 6.45) is 0. The molecule has 7 aliphatic rings. The van der Waals surface area contributed by atoms with Crippen LogP contribution in [0.4, 0.5) is 0 Å². The first-order chi connectivity index (χ1) is 64.8. The van der Waals surface area contributed by atoms with E-state index in [1.807, 2.05) is 0 Å². The van der Waals surface area contributed by atoms with E-state index in [-0.39, 0.29) is 5.41 Å². The van der Waals surface area contributed by atoms with Gasteiger partial charge in [0.1, 0.15) is 0 Å². The summed E-state index contributed by atoms with van der Waals surface area (Å²) < 4.78 is 2.54. The molecule has 2 heteroatoms. The molecule has 7 aliphatic carbocycles. The summed E-state index contributed by atoms with van der Waals surface area (Å²) in [5.74, 6) is 0. The Kier molecular flexibility index (Phi) is 15.8. The Bertz CT molecular complexity index is 9210. The van der Waals surface area contributed by atoms with Gasteiger partial charge in [0.2, 0.25) is 0 Å². The predicted octanol–water partition coefficient (Wildman–Crippen LogP) is 33.2. The molecular formula is C129H80N2. The van der Waals surface area contributed by atoms with Crippen molar-refractivity contribution in [3.05, 3.63) is 549 Å². The summed E-state index contributed by atoms with van der Waals surface area (Å²) in [6.45, 7) is 4.76. The molecule has 2 nitrogen and oxygen atoms in total. The van der Waals surface area contributed by atoms with Gasteiger partial charge in [-0.1, -0.05) is 420 Å². The molecular weight excluding hydrogens is 1580 g/mol. The van der Waals surface area contributed by atoms with Gasteiger partial charge in [-0.2, -0.15) is 0 Å². The van der Waals surface area contributed by atoms with E-state index in [0.29, 0.717) is 0 Å². The second-order valence-electron chi connectivity index (χ2n) is 36.6. The third-order valence-corrected chi connectivity index (χ3v) is 29.6. The number of nitrogens with zero attached hydrogens (tertiary/aromatic N) is 1. The minimum absolute atomic E-state index is 0.0634. The molecule has 2 heterocycles. The predicted molar refractivity (Wildman–Crippen MR) is 554 cm³/mol. The van der Waals surface area contributed by atoms with Gasteiger partial charge in [0, 0.05) is 65.8 Å². The number of rotatable bonds is 6. The smallest absolute Gasteiger partial charge is 0.0626 e. The summed E-state index contributed by atoms with van der Waals surface area (Å²) in [7, 11) is 0. The van der Waals surface area contributed by atoms with Crippen molar-refractivity contribution in [1.29, 1.82) is 0 Å². The van der Waals surface area contributed by atoms with E-state index in [2.05, 4.69) is 466 Å². The minimum atomic E-state index is -0.0634. The number of allylic oxidation sites excluding steroid dienone is 6. The summed E-state index contributed by atoms with van der Waals surface area (Å²) in [4.78, 5) is 3.63. The highest BCUT2D eigenvalue weighted by atomic mass is 15.0. The molecule has 0 amide bonds. The Labute approximate surface area is 758 Å². The molecule has 0 spiro atoms. The van der Waals surface area contributed by atoms with Crippen molar-refractivity contribution in [2.45, 2.75) is 19.3 Å². The second kappa shape index (κ2) is 28.1. The number of fused-ring (bicyclic) bond motifs is 36. The first-order valence-corrected chi connectivity index (χ1v) is 45.9.